The van der Waals surface area contributed by atoms with Gasteiger partial charge in [0.1, 0.15) is 17.7 Å². The van der Waals surface area contributed by atoms with Gasteiger partial charge in [0, 0.05) is 23.3 Å². The summed E-state index contributed by atoms with van der Waals surface area (Å²) in [7, 11) is 0. The molecule has 2 atom stereocenters. The number of nitriles is 1. The second-order valence-electron chi connectivity index (χ2n) is 6.81. The van der Waals surface area contributed by atoms with Gasteiger partial charge >= 0.3 is 0 Å². The molecule has 0 bridgehead atoms. The van der Waals surface area contributed by atoms with Gasteiger partial charge in [0.05, 0.1) is 11.1 Å². The van der Waals surface area contributed by atoms with Crippen LogP contribution in [0, 0.1) is 23.7 Å². The summed E-state index contributed by atoms with van der Waals surface area (Å²) in [4.78, 5) is 16.4. The Labute approximate surface area is 176 Å². The van der Waals surface area contributed by atoms with Crippen molar-refractivity contribution >= 4 is 35.6 Å². The maximum absolute atomic E-state index is 11.9. The molecule has 1 saturated carbocycles. The lowest BCUT2D eigenvalue weighted by atomic mass is 9.91. The molecule has 6 N–H and O–H groups in total. The highest BCUT2D eigenvalue weighted by Crippen LogP contribution is 2.27. The van der Waals surface area contributed by atoms with Crippen molar-refractivity contribution in [2.45, 2.75) is 37.8 Å². The van der Waals surface area contributed by atoms with E-state index in [1.54, 1.807) is 24.3 Å². The number of amides is 1. The van der Waals surface area contributed by atoms with E-state index in [0.717, 1.165) is 25.7 Å². The standard InChI is InChI=1S/C21H22N6O.ClH/c1-2-13-6-5-7-15(10-13)25-21-16(19(24)28)11-14(12-22)20(27-21)26-18-9-4-3-8-17(18)23;/h1,5-7,10-11,17-18H,3-4,8-9,23H2,(H2,24,28)(H2,25,26,27);1H/t17-,18+;/m0./s1. The smallest absolute Gasteiger partial charge is 0.252 e. The number of hydrogen-bond donors (Lipinski definition) is 4. The first kappa shape index (κ1) is 22.0. The minimum absolute atomic E-state index is 0. The molecule has 2 aromatic rings. The molecule has 0 unspecified atom stereocenters. The summed E-state index contributed by atoms with van der Waals surface area (Å²) in [5, 5.41) is 15.9. The third-order valence-electron chi connectivity index (χ3n) is 4.84. The number of benzene rings is 1. The molecule has 1 heterocycles. The SMILES string of the molecule is C#Cc1cccc(Nc2nc(N[C@@H]3CCCC[C@@H]3N)c(C#N)cc2C(N)=O)c1.Cl. The molecule has 29 heavy (non-hydrogen) atoms. The van der Waals surface area contributed by atoms with Gasteiger partial charge in [-0.15, -0.1) is 18.8 Å². The van der Waals surface area contributed by atoms with Crippen LogP contribution in [0.5, 0.6) is 0 Å². The van der Waals surface area contributed by atoms with Crippen molar-refractivity contribution < 1.29 is 4.79 Å². The summed E-state index contributed by atoms with van der Waals surface area (Å²) in [6.07, 6.45) is 9.42. The van der Waals surface area contributed by atoms with Crippen molar-refractivity contribution in [1.82, 2.24) is 4.98 Å². The number of hydrogen-bond acceptors (Lipinski definition) is 6. The average molecular weight is 411 g/mol. The van der Waals surface area contributed by atoms with Crippen LogP contribution >= 0.6 is 12.4 Å². The number of nitrogens with one attached hydrogen (secondary N) is 2. The summed E-state index contributed by atoms with van der Waals surface area (Å²) in [5.74, 6) is 2.51. The van der Waals surface area contributed by atoms with E-state index in [9.17, 15) is 10.1 Å². The van der Waals surface area contributed by atoms with Gasteiger partial charge in [0.15, 0.2) is 0 Å². The Morgan fingerprint density at radius 1 is 1.24 bits per heavy atom. The van der Waals surface area contributed by atoms with E-state index < -0.39 is 5.91 Å². The molecule has 0 radical (unpaired) electrons. The molecule has 1 amide bonds. The Morgan fingerprint density at radius 3 is 2.66 bits per heavy atom. The van der Waals surface area contributed by atoms with Crippen LogP contribution in [0.3, 0.4) is 0 Å². The third kappa shape index (κ3) is 5.17. The molecule has 1 aliphatic carbocycles. The number of primary amides is 1. The lowest BCUT2D eigenvalue weighted by Crippen LogP contribution is -2.43. The number of terminal acetylenes is 1. The van der Waals surface area contributed by atoms with Crippen LogP contribution in [-0.4, -0.2) is 23.0 Å². The summed E-state index contributed by atoms with van der Waals surface area (Å²) in [5.41, 5.74) is 13.4. The van der Waals surface area contributed by atoms with Crippen molar-refractivity contribution in [2.75, 3.05) is 10.6 Å². The van der Waals surface area contributed by atoms with Gasteiger partial charge in [0.2, 0.25) is 0 Å². The quantitative estimate of drug-likeness (QED) is 0.560. The monoisotopic (exact) mass is 410 g/mol. The summed E-state index contributed by atoms with van der Waals surface area (Å²) in [6.45, 7) is 0. The normalized spacial score (nSPS) is 17.9. The van der Waals surface area contributed by atoms with Crippen molar-refractivity contribution in [1.29, 1.82) is 5.26 Å². The fourth-order valence-electron chi connectivity index (χ4n) is 3.33. The van der Waals surface area contributed by atoms with Crippen LogP contribution in [0.15, 0.2) is 30.3 Å². The molecule has 8 heteroatoms. The second-order valence-corrected chi connectivity index (χ2v) is 6.81. The Hall–Kier alpha value is -3.26. The zero-order valence-corrected chi connectivity index (χ0v) is 16.6. The van der Waals surface area contributed by atoms with Crippen molar-refractivity contribution in [3.8, 4) is 18.4 Å². The predicted octanol–water partition coefficient (Wildman–Crippen LogP) is 2.88. The van der Waals surface area contributed by atoms with Crippen LogP contribution in [0.25, 0.3) is 0 Å². The molecule has 150 valence electrons. The van der Waals surface area contributed by atoms with Gasteiger partial charge in [-0.1, -0.05) is 24.8 Å². The number of pyridine rings is 1. The van der Waals surface area contributed by atoms with Crippen LogP contribution in [0.1, 0.15) is 47.2 Å². The number of carbonyl (C=O) groups is 1. The van der Waals surface area contributed by atoms with Crippen LogP contribution in [-0.2, 0) is 0 Å². The Morgan fingerprint density at radius 2 is 2.00 bits per heavy atom. The minimum atomic E-state index is -0.680. The first-order chi connectivity index (χ1) is 13.5. The zero-order valence-electron chi connectivity index (χ0n) is 15.8. The van der Waals surface area contributed by atoms with E-state index in [2.05, 4.69) is 27.6 Å². The molecule has 3 rings (SSSR count). The number of nitrogens with two attached hydrogens (primary N) is 2. The lowest BCUT2D eigenvalue weighted by molar-refractivity contribution is 0.100. The first-order valence-electron chi connectivity index (χ1n) is 9.12. The Balaban J connectivity index is 0.00000300. The topological polar surface area (TPSA) is 130 Å². The van der Waals surface area contributed by atoms with Crippen LogP contribution in [0.2, 0.25) is 0 Å². The van der Waals surface area contributed by atoms with Crippen molar-refractivity contribution in [3.05, 3.63) is 47.0 Å². The average Bonchev–Trinajstić information content (AvgIpc) is 2.70. The van der Waals surface area contributed by atoms with Gasteiger partial charge in [-0.3, -0.25) is 4.79 Å². The van der Waals surface area contributed by atoms with Gasteiger partial charge in [-0.25, -0.2) is 4.98 Å². The predicted molar refractivity (Wildman–Crippen MR) is 116 cm³/mol. The van der Waals surface area contributed by atoms with E-state index in [4.69, 9.17) is 17.9 Å². The Kier molecular flexibility index (Phi) is 7.44. The number of carbonyl (C=O) groups excluding carboxylic acids is 1. The van der Waals surface area contributed by atoms with Crippen LogP contribution in [0.4, 0.5) is 17.3 Å². The lowest BCUT2D eigenvalue weighted by Gasteiger charge is -2.30. The fraction of sp³-hybridized carbons (Fsp3) is 0.286. The van der Waals surface area contributed by atoms with Gasteiger partial charge < -0.3 is 22.1 Å². The van der Waals surface area contributed by atoms with Gasteiger partial charge in [-0.05, 0) is 37.1 Å². The number of rotatable bonds is 5. The zero-order chi connectivity index (χ0) is 20.1. The van der Waals surface area contributed by atoms with Crippen molar-refractivity contribution in [2.24, 2.45) is 11.5 Å². The molecular weight excluding hydrogens is 388 g/mol. The number of halogens is 1. The largest absolute Gasteiger partial charge is 0.365 e. The fourth-order valence-corrected chi connectivity index (χ4v) is 3.33. The molecule has 0 spiro atoms. The van der Waals surface area contributed by atoms with E-state index in [1.165, 1.54) is 6.07 Å². The summed E-state index contributed by atoms with van der Waals surface area (Å²) >= 11 is 0. The van der Waals surface area contributed by atoms with Gasteiger partial charge in [-0.2, -0.15) is 5.26 Å². The molecule has 1 aliphatic rings. The molecule has 0 aliphatic heterocycles. The van der Waals surface area contributed by atoms with Crippen molar-refractivity contribution in [3.63, 3.8) is 0 Å². The van der Waals surface area contributed by atoms with Crippen LogP contribution < -0.4 is 22.1 Å². The van der Waals surface area contributed by atoms with E-state index in [-0.39, 0.29) is 41.4 Å². The number of aromatic nitrogens is 1. The second kappa shape index (κ2) is 9.79. The molecule has 1 aromatic carbocycles. The molecule has 1 fully saturated rings. The number of nitrogens with zero attached hydrogens (tertiary/aromatic N) is 2. The minimum Gasteiger partial charge on any atom is -0.365 e. The molecule has 0 saturated heterocycles. The number of anilines is 3. The van der Waals surface area contributed by atoms with Gasteiger partial charge in [0.25, 0.3) is 5.91 Å². The molecule has 1 aromatic heterocycles. The maximum atomic E-state index is 11.9. The molecular formula is C21H23ClN6O. The maximum Gasteiger partial charge on any atom is 0.252 e. The highest BCUT2D eigenvalue weighted by Gasteiger charge is 2.24. The van der Waals surface area contributed by atoms with E-state index in [0.29, 0.717) is 17.1 Å². The summed E-state index contributed by atoms with van der Waals surface area (Å²) < 4.78 is 0. The first-order valence-corrected chi connectivity index (χ1v) is 9.12. The summed E-state index contributed by atoms with van der Waals surface area (Å²) in [6, 6.07) is 10.7. The highest BCUT2D eigenvalue weighted by atomic mass is 35.5. The Bertz CT molecular complexity index is 978. The van der Waals surface area contributed by atoms with E-state index in [1.807, 2.05) is 0 Å². The molecule has 7 nitrogen and oxygen atoms in total. The highest BCUT2D eigenvalue weighted by molar-refractivity contribution is 5.99. The van der Waals surface area contributed by atoms with E-state index >= 15 is 0 Å². The third-order valence-corrected chi connectivity index (χ3v) is 4.84.